The minimum atomic E-state index is -1.27. The summed E-state index contributed by atoms with van der Waals surface area (Å²) in [6.45, 7) is 0. The van der Waals surface area contributed by atoms with Gasteiger partial charge in [0, 0.05) is 12.0 Å². The number of carboxylic acids is 2. The molecule has 0 heterocycles. The van der Waals surface area contributed by atoms with Gasteiger partial charge in [0.15, 0.2) is 0 Å². The van der Waals surface area contributed by atoms with Crippen molar-refractivity contribution >= 4 is 11.9 Å². The van der Waals surface area contributed by atoms with Crippen LogP contribution < -0.4 is 0 Å². The second-order valence-electron chi connectivity index (χ2n) is 4.50. The molecule has 0 fully saturated rings. The fourth-order valence-corrected chi connectivity index (χ4v) is 2.24. The molecule has 0 bridgehead atoms. The normalized spacial score (nSPS) is 11.4. The molecule has 0 aliphatic carbocycles. The van der Waals surface area contributed by atoms with E-state index in [2.05, 4.69) is 0 Å². The molecule has 0 atom stereocenters. The minimum Gasteiger partial charge on any atom is -0.478 e. The van der Waals surface area contributed by atoms with Crippen molar-refractivity contribution in [3.05, 3.63) is 83.4 Å². The average Bonchev–Trinajstić information content (AvgIpc) is 2.48. The van der Waals surface area contributed by atoms with Gasteiger partial charge in [0.25, 0.3) is 0 Å². The molecule has 106 valence electrons. The van der Waals surface area contributed by atoms with Crippen molar-refractivity contribution in [1.82, 2.24) is 0 Å². The molecule has 21 heavy (non-hydrogen) atoms. The van der Waals surface area contributed by atoms with Gasteiger partial charge >= 0.3 is 11.9 Å². The van der Waals surface area contributed by atoms with Crippen molar-refractivity contribution in [2.24, 2.45) is 0 Å². The molecule has 4 nitrogen and oxygen atoms in total. The monoisotopic (exact) mass is 282 g/mol. The summed E-state index contributed by atoms with van der Waals surface area (Å²) in [5, 5.41) is 18.3. The zero-order valence-electron chi connectivity index (χ0n) is 11.1. The van der Waals surface area contributed by atoms with Crippen LogP contribution in [0, 0.1) is 0 Å². The summed E-state index contributed by atoms with van der Waals surface area (Å²) in [6.07, 6.45) is 0.757. The molecular formula is C17H14O4. The molecule has 0 amide bonds. The Bertz CT molecular complexity index is 620. The summed E-state index contributed by atoms with van der Waals surface area (Å²) in [6, 6.07) is 18.0. The van der Waals surface area contributed by atoms with E-state index >= 15 is 0 Å². The van der Waals surface area contributed by atoms with Crippen molar-refractivity contribution in [2.45, 2.75) is 5.92 Å². The Labute approximate surface area is 122 Å². The van der Waals surface area contributed by atoms with Crippen LogP contribution in [-0.4, -0.2) is 22.2 Å². The lowest BCUT2D eigenvalue weighted by atomic mass is 9.84. The quantitative estimate of drug-likeness (QED) is 0.827. The summed E-state index contributed by atoms with van der Waals surface area (Å²) in [4.78, 5) is 22.4. The number of carbonyl (C=O) groups is 2. The third-order valence-corrected chi connectivity index (χ3v) is 3.10. The minimum absolute atomic E-state index is 0.167. The van der Waals surface area contributed by atoms with E-state index in [1.54, 1.807) is 48.5 Å². The molecule has 4 heteroatoms. The van der Waals surface area contributed by atoms with E-state index in [0.717, 1.165) is 17.2 Å². The van der Waals surface area contributed by atoms with Crippen molar-refractivity contribution in [3.63, 3.8) is 0 Å². The molecule has 2 rings (SSSR count). The Hall–Kier alpha value is -2.88. The molecule has 0 unspecified atom stereocenters. The molecule has 0 aromatic heterocycles. The van der Waals surface area contributed by atoms with Gasteiger partial charge in [-0.05, 0) is 11.1 Å². The topological polar surface area (TPSA) is 74.6 Å². The van der Waals surface area contributed by atoms with Crippen LogP contribution in [0.1, 0.15) is 17.0 Å². The molecule has 0 aliphatic rings. The number of benzene rings is 2. The average molecular weight is 282 g/mol. The van der Waals surface area contributed by atoms with Gasteiger partial charge in [0.1, 0.15) is 0 Å². The van der Waals surface area contributed by atoms with Crippen LogP contribution in [0.4, 0.5) is 0 Å². The zero-order valence-corrected chi connectivity index (χ0v) is 11.1. The lowest BCUT2D eigenvalue weighted by molar-refractivity contribution is -0.135. The standard InChI is InChI=1S/C17H14O4/c18-15(19)11-14(17(20)21)16(12-7-3-1-4-8-12)13-9-5-2-6-10-13/h1-11,16H,(H,18,19)(H,20,21). The molecule has 2 aromatic rings. The van der Waals surface area contributed by atoms with Crippen LogP contribution in [0.3, 0.4) is 0 Å². The number of hydrogen-bond donors (Lipinski definition) is 2. The van der Waals surface area contributed by atoms with Gasteiger partial charge in [-0.2, -0.15) is 0 Å². The highest BCUT2D eigenvalue weighted by molar-refractivity contribution is 5.96. The van der Waals surface area contributed by atoms with Gasteiger partial charge in [-0.1, -0.05) is 60.7 Å². The second-order valence-corrected chi connectivity index (χ2v) is 4.50. The Morgan fingerprint density at radius 3 is 1.57 bits per heavy atom. The molecule has 2 aromatic carbocycles. The lowest BCUT2D eigenvalue weighted by Gasteiger charge is -2.18. The largest absolute Gasteiger partial charge is 0.478 e. The first-order valence-electron chi connectivity index (χ1n) is 6.37. The summed E-state index contributed by atoms with van der Waals surface area (Å²) >= 11 is 0. The van der Waals surface area contributed by atoms with Crippen molar-refractivity contribution in [1.29, 1.82) is 0 Å². The second kappa shape index (κ2) is 6.52. The van der Waals surface area contributed by atoms with Crippen LogP contribution in [-0.2, 0) is 9.59 Å². The van der Waals surface area contributed by atoms with Gasteiger partial charge < -0.3 is 10.2 Å². The zero-order chi connectivity index (χ0) is 15.2. The van der Waals surface area contributed by atoms with Crippen LogP contribution in [0.25, 0.3) is 0 Å². The third-order valence-electron chi connectivity index (χ3n) is 3.10. The van der Waals surface area contributed by atoms with E-state index in [1.165, 1.54) is 0 Å². The predicted octanol–water partition coefficient (Wildman–Crippen LogP) is 2.91. The summed E-state index contributed by atoms with van der Waals surface area (Å²) in [5.74, 6) is -3.14. The smallest absolute Gasteiger partial charge is 0.332 e. The Morgan fingerprint density at radius 1 is 0.810 bits per heavy atom. The van der Waals surface area contributed by atoms with E-state index < -0.39 is 17.9 Å². The van der Waals surface area contributed by atoms with Crippen molar-refractivity contribution < 1.29 is 19.8 Å². The molecule has 2 N–H and O–H groups in total. The van der Waals surface area contributed by atoms with Crippen LogP contribution in [0.2, 0.25) is 0 Å². The van der Waals surface area contributed by atoms with Gasteiger partial charge in [-0.15, -0.1) is 0 Å². The summed E-state index contributed by atoms with van der Waals surface area (Å²) in [5.41, 5.74) is 1.30. The third kappa shape index (κ3) is 3.57. The fourth-order valence-electron chi connectivity index (χ4n) is 2.24. The maximum Gasteiger partial charge on any atom is 0.332 e. The highest BCUT2D eigenvalue weighted by Crippen LogP contribution is 2.31. The van der Waals surface area contributed by atoms with Gasteiger partial charge in [0.05, 0.1) is 5.57 Å². The van der Waals surface area contributed by atoms with E-state index in [0.29, 0.717) is 0 Å². The Balaban J connectivity index is 2.61. The van der Waals surface area contributed by atoms with E-state index in [9.17, 15) is 14.7 Å². The van der Waals surface area contributed by atoms with Gasteiger partial charge in [-0.3, -0.25) is 0 Å². The first-order chi connectivity index (χ1) is 10.1. The predicted molar refractivity (Wildman–Crippen MR) is 78.1 cm³/mol. The summed E-state index contributed by atoms with van der Waals surface area (Å²) < 4.78 is 0. The van der Waals surface area contributed by atoms with Crippen molar-refractivity contribution in [2.75, 3.05) is 0 Å². The van der Waals surface area contributed by atoms with E-state index in [-0.39, 0.29) is 5.57 Å². The SMILES string of the molecule is O=C(O)C=C(C(=O)O)C(c1ccccc1)c1ccccc1. The number of carboxylic acid groups (broad SMARTS) is 2. The highest BCUT2D eigenvalue weighted by Gasteiger charge is 2.25. The summed E-state index contributed by atoms with van der Waals surface area (Å²) in [7, 11) is 0. The van der Waals surface area contributed by atoms with Crippen LogP contribution in [0.5, 0.6) is 0 Å². The molecule has 0 saturated carbocycles. The van der Waals surface area contributed by atoms with Gasteiger partial charge in [0.2, 0.25) is 0 Å². The Kier molecular flexibility index (Phi) is 4.51. The highest BCUT2D eigenvalue weighted by atomic mass is 16.4. The molecular weight excluding hydrogens is 268 g/mol. The van der Waals surface area contributed by atoms with Crippen LogP contribution >= 0.6 is 0 Å². The molecule has 0 aliphatic heterocycles. The fraction of sp³-hybridized carbons (Fsp3) is 0.0588. The molecule has 0 radical (unpaired) electrons. The van der Waals surface area contributed by atoms with Crippen LogP contribution in [0.15, 0.2) is 72.3 Å². The van der Waals surface area contributed by atoms with E-state index in [1.807, 2.05) is 12.1 Å². The maximum atomic E-state index is 11.5. The number of aliphatic carboxylic acids is 2. The molecule has 0 saturated heterocycles. The number of hydrogen-bond acceptors (Lipinski definition) is 2. The maximum absolute atomic E-state index is 11.5. The lowest BCUT2D eigenvalue weighted by Crippen LogP contribution is -2.14. The first-order valence-corrected chi connectivity index (χ1v) is 6.37. The van der Waals surface area contributed by atoms with Gasteiger partial charge in [-0.25, -0.2) is 9.59 Å². The Morgan fingerprint density at radius 2 is 1.24 bits per heavy atom. The number of rotatable bonds is 5. The molecule has 0 spiro atoms. The first kappa shape index (κ1) is 14.5. The van der Waals surface area contributed by atoms with Crippen molar-refractivity contribution in [3.8, 4) is 0 Å². The van der Waals surface area contributed by atoms with E-state index in [4.69, 9.17) is 5.11 Å².